The highest BCUT2D eigenvalue weighted by atomic mass is 16.4. The van der Waals surface area contributed by atoms with Crippen LogP contribution in [0.5, 0.6) is 0 Å². The maximum absolute atomic E-state index is 11.6. The van der Waals surface area contributed by atoms with Crippen molar-refractivity contribution in [2.75, 3.05) is 27.2 Å². The highest BCUT2D eigenvalue weighted by Gasteiger charge is 2.38. The van der Waals surface area contributed by atoms with Crippen molar-refractivity contribution in [3.8, 4) is 0 Å². The monoisotopic (exact) mass is 216 g/mol. The second kappa shape index (κ2) is 4.59. The van der Waals surface area contributed by atoms with E-state index in [9.17, 15) is 14.7 Å². The lowest BCUT2D eigenvalue weighted by molar-refractivity contribution is -0.148. The predicted octanol–water partition coefficient (Wildman–Crippen LogP) is -1.41. The van der Waals surface area contributed by atoms with Crippen LogP contribution in [0.1, 0.15) is 6.42 Å². The van der Waals surface area contributed by atoms with Gasteiger partial charge >= 0.3 is 5.97 Å². The van der Waals surface area contributed by atoms with Crippen molar-refractivity contribution in [1.29, 1.82) is 0 Å². The highest BCUT2D eigenvalue weighted by Crippen LogP contribution is 2.18. The van der Waals surface area contributed by atoms with Crippen molar-refractivity contribution in [2.45, 2.75) is 18.6 Å². The van der Waals surface area contributed by atoms with Gasteiger partial charge in [-0.25, -0.2) is 4.79 Å². The summed E-state index contributed by atoms with van der Waals surface area (Å²) in [6, 6.07) is -0.882. The number of likely N-dealkylation sites (N-methyl/N-ethyl adjacent to an activating group) is 1. The molecule has 2 N–H and O–H groups in total. The summed E-state index contributed by atoms with van der Waals surface area (Å²) in [5.74, 6) is -1.32. The van der Waals surface area contributed by atoms with Crippen molar-refractivity contribution in [3.63, 3.8) is 0 Å². The Morgan fingerprint density at radius 2 is 2.07 bits per heavy atom. The van der Waals surface area contributed by atoms with Gasteiger partial charge < -0.3 is 20.0 Å². The third-order valence-corrected chi connectivity index (χ3v) is 2.34. The largest absolute Gasteiger partial charge is 0.480 e. The molecule has 1 fully saturated rings. The molecule has 1 rings (SSSR count). The number of carboxylic acids is 1. The molecular weight excluding hydrogens is 200 g/mol. The molecule has 86 valence electrons. The Morgan fingerprint density at radius 1 is 1.47 bits per heavy atom. The van der Waals surface area contributed by atoms with Gasteiger partial charge in [0.05, 0.1) is 12.6 Å². The van der Waals surface area contributed by atoms with E-state index in [1.165, 1.54) is 4.90 Å². The fourth-order valence-corrected chi connectivity index (χ4v) is 1.68. The van der Waals surface area contributed by atoms with Crippen LogP contribution in [0.4, 0.5) is 0 Å². The summed E-state index contributed by atoms with van der Waals surface area (Å²) < 4.78 is 0. The molecule has 0 aliphatic carbocycles. The lowest BCUT2D eigenvalue weighted by atomic mass is 10.2. The minimum atomic E-state index is -1.06. The summed E-state index contributed by atoms with van der Waals surface area (Å²) in [4.78, 5) is 25.4. The Labute approximate surface area is 88.1 Å². The first kappa shape index (κ1) is 11.9. The number of rotatable bonds is 3. The lowest BCUT2D eigenvalue weighted by Crippen LogP contribution is -2.44. The first-order chi connectivity index (χ1) is 6.91. The summed E-state index contributed by atoms with van der Waals surface area (Å²) in [6.07, 6.45) is -0.605. The number of hydrogen-bond acceptors (Lipinski definition) is 4. The van der Waals surface area contributed by atoms with Crippen molar-refractivity contribution >= 4 is 11.9 Å². The second-order valence-corrected chi connectivity index (χ2v) is 4.03. The number of carbonyl (C=O) groups is 2. The Morgan fingerprint density at radius 3 is 2.53 bits per heavy atom. The van der Waals surface area contributed by atoms with Gasteiger partial charge in [0.2, 0.25) is 5.91 Å². The molecule has 0 aromatic rings. The molecule has 1 amide bonds. The molecule has 0 aromatic carbocycles. The van der Waals surface area contributed by atoms with E-state index in [1.807, 2.05) is 0 Å². The standard InChI is InChI=1S/C9H16N2O4/c1-10(2)5-8(13)11-4-6(12)3-7(11)9(14)15/h6-7,12H,3-5H2,1-2H3,(H,14,15)/t6-,7-/m0/s1. The molecular formula is C9H16N2O4. The van der Waals surface area contributed by atoms with Crippen molar-refractivity contribution in [2.24, 2.45) is 0 Å². The Bertz CT molecular complexity index is 267. The van der Waals surface area contributed by atoms with E-state index in [2.05, 4.69) is 0 Å². The molecule has 0 bridgehead atoms. The molecule has 1 saturated heterocycles. The second-order valence-electron chi connectivity index (χ2n) is 4.03. The minimum Gasteiger partial charge on any atom is -0.480 e. The van der Waals surface area contributed by atoms with Crippen molar-refractivity contribution in [3.05, 3.63) is 0 Å². The van der Waals surface area contributed by atoms with E-state index in [-0.39, 0.29) is 25.4 Å². The van der Waals surface area contributed by atoms with Crippen LogP contribution < -0.4 is 0 Å². The fraction of sp³-hybridized carbons (Fsp3) is 0.778. The van der Waals surface area contributed by atoms with Gasteiger partial charge in [-0.2, -0.15) is 0 Å². The average Bonchev–Trinajstić information content (AvgIpc) is 2.46. The van der Waals surface area contributed by atoms with Gasteiger partial charge in [-0.05, 0) is 14.1 Å². The zero-order valence-electron chi connectivity index (χ0n) is 8.88. The summed E-state index contributed by atoms with van der Waals surface area (Å²) >= 11 is 0. The maximum Gasteiger partial charge on any atom is 0.326 e. The average molecular weight is 216 g/mol. The number of nitrogens with zero attached hydrogens (tertiary/aromatic N) is 2. The maximum atomic E-state index is 11.6. The van der Waals surface area contributed by atoms with E-state index in [0.717, 1.165) is 0 Å². The number of hydrogen-bond donors (Lipinski definition) is 2. The van der Waals surface area contributed by atoms with Crippen LogP contribution >= 0.6 is 0 Å². The molecule has 1 heterocycles. The zero-order chi connectivity index (χ0) is 11.6. The SMILES string of the molecule is CN(C)CC(=O)N1C[C@@H](O)C[C@H]1C(=O)O. The van der Waals surface area contributed by atoms with Crippen molar-refractivity contribution < 1.29 is 19.8 Å². The smallest absolute Gasteiger partial charge is 0.326 e. The first-order valence-electron chi connectivity index (χ1n) is 4.77. The zero-order valence-corrected chi connectivity index (χ0v) is 8.88. The van der Waals surface area contributed by atoms with Crippen molar-refractivity contribution in [1.82, 2.24) is 9.80 Å². The van der Waals surface area contributed by atoms with Gasteiger partial charge in [0.25, 0.3) is 0 Å². The normalized spacial score (nSPS) is 26.0. The van der Waals surface area contributed by atoms with E-state index < -0.39 is 18.1 Å². The summed E-state index contributed by atoms with van der Waals surface area (Å²) in [7, 11) is 3.47. The van der Waals surface area contributed by atoms with Gasteiger partial charge in [0, 0.05) is 13.0 Å². The molecule has 2 atom stereocenters. The Hall–Kier alpha value is -1.14. The fourth-order valence-electron chi connectivity index (χ4n) is 1.68. The molecule has 1 aliphatic heterocycles. The molecule has 0 unspecified atom stereocenters. The van der Waals surface area contributed by atoms with E-state index in [1.54, 1.807) is 19.0 Å². The van der Waals surface area contributed by atoms with Gasteiger partial charge in [-0.3, -0.25) is 4.79 Å². The number of carboxylic acid groups (broad SMARTS) is 1. The lowest BCUT2D eigenvalue weighted by Gasteiger charge is -2.22. The summed E-state index contributed by atoms with van der Waals surface area (Å²) in [5, 5.41) is 18.2. The van der Waals surface area contributed by atoms with Crippen LogP contribution in [-0.2, 0) is 9.59 Å². The molecule has 6 nitrogen and oxygen atoms in total. The molecule has 0 radical (unpaired) electrons. The first-order valence-corrected chi connectivity index (χ1v) is 4.77. The third kappa shape index (κ3) is 2.90. The summed E-state index contributed by atoms with van der Waals surface area (Å²) in [5.41, 5.74) is 0. The van der Waals surface area contributed by atoms with E-state index in [0.29, 0.717) is 0 Å². The number of amides is 1. The van der Waals surface area contributed by atoms with Gasteiger partial charge in [-0.15, -0.1) is 0 Å². The number of aliphatic hydroxyl groups is 1. The Kier molecular flexibility index (Phi) is 3.65. The Balaban J connectivity index is 2.66. The molecule has 6 heteroatoms. The molecule has 0 aromatic heterocycles. The number of carbonyl (C=O) groups excluding carboxylic acids is 1. The van der Waals surface area contributed by atoms with Gasteiger partial charge in [0.1, 0.15) is 6.04 Å². The highest BCUT2D eigenvalue weighted by molar-refractivity contribution is 5.85. The van der Waals surface area contributed by atoms with Gasteiger partial charge in [0.15, 0.2) is 0 Å². The number of aliphatic carboxylic acids is 1. The molecule has 15 heavy (non-hydrogen) atoms. The number of β-amino-alcohol motifs (C(OH)–C–C–N with tert-alkyl or cyclic N) is 1. The molecule has 0 spiro atoms. The van der Waals surface area contributed by atoms with Crippen LogP contribution in [0.2, 0.25) is 0 Å². The van der Waals surface area contributed by atoms with Crippen LogP contribution in [0.15, 0.2) is 0 Å². The third-order valence-electron chi connectivity index (χ3n) is 2.34. The van der Waals surface area contributed by atoms with E-state index >= 15 is 0 Å². The molecule has 0 saturated carbocycles. The minimum absolute atomic E-state index is 0.115. The van der Waals surface area contributed by atoms with Crippen LogP contribution in [0.3, 0.4) is 0 Å². The van der Waals surface area contributed by atoms with Gasteiger partial charge in [-0.1, -0.05) is 0 Å². The van der Waals surface area contributed by atoms with E-state index in [4.69, 9.17) is 5.11 Å². The topological polar surface area (TPSA) is 81.1 Å². The predicted molar refractivity (Wildman–Crippen MR) is 52.3 cm³/mol. The number of aliphatic hydroxyl groups excluding tert-OH is 1. The molecule has 1 aliphatic rings. The quantitative estimate of drug-likeness (QED) is 0.606. The number of likely N-dealkylation sites (tertiary alicyclic amines) is 1. The van der Waals surface area contributed by atoms with Crippen LogP contribution in [-0.4, -0.2) is 71.2 Å². The summed E-state index contributed by atoms with van der Waals surface area (Å²) in [6.45, 7) is 0.278. The van der Waals surface area contributed by atoms with Crippen LogP contribution in [0, 0.1) is 0 Å². The van der Waals surface area contributed by atoms with Crippen LogP contribution in [0.25, 0.3) is 0 Å².